The Labute approximate surface area is 223 Å². The third-order valence-corrected chi connectivity index (χ3v) is 6.73. The molecule has 2 aromatic heterocycles. The maximum absolute atomic E-state index is 15.7. The lowest BCUT2D eigenvalue weighted by Gasteiger charge is -2.21. The maximum Gasteiger partial charge on any atom is 0.320 e. The molecule has 204 valence electrons. The van der Waals surface area contributed by atoms with Gasteiger partial charge in [-0.1, -0.05) is 24.3 Å². The first-order valence-electron chi connectivity index (χ1n) is 12.4. The van der Waals surface area contributed by atoms with E-state index in [1.807, 2.05) is 6.07 Å². The summed E-state index contributed by atoms with van der Waals surface area (Å²) >= 11 is 0. The minimum absolute atomic E-state index is 0.0357. The van der Waals surface area contributed by atoms with Gasteiger partial charge in [0, 0.05) is 51.5 Å². The van der Waals surface area contributed by atoms with Crippen molar-refractivity contribution in [2.75, 3.05) is 38.7 Å². The van der Waals surface area contributed by atoms with Crippen LogP contribution in [0.5, 0.6) is 0 Å². The van der Waals surface area contributed by atoms with Gasteiger partial charge in [0.1, 0.15) is 5.69 Å². The number of methoxy groups -OCH3 is 1. The quantitative estimate of drug-likeness (QED) is 0.354. The summed E-state index contributed by atoms with van der Waals surface area (Å²) in [6, 6.07) is 11.5. The van der Waals surface area contributed by atoms with Crippen molar-refractivity contribution < 1.29 is 22.7 Å². The van der Waals surface area contributed by atoms with E-state index in [2.05, 4.69) is 25.7 Å². The van der Waals surface area contributed by atoms with E-state index in [1.165, 1.54) is 21.6 Å². The van der Waals surface area contributed by atoms with Crippen LogP contribution in [0.25, 0.3) is 16.9 Å². The van der Waals surface area contributed by atoms with Crippen LogP contribution in [0, 0.1) is 17.5 Å². The highest BCUT2D eigenvalue weighted by Crippen LogP contribution is 2.31. The molecule has 2 atom stereocenters. The van der Waals surface area contributed by atoms with Crippen molar-refractivity contribution in [2.24, 2.45) is 7.05 Å². The van der Waals surface area contributed by atoms with Gasteiger partial charge in [-0.25, -0.2) is 22.6 Å². The highest BCUT2D eigenvalue weighted by molar-refractivity contribution is 5.90. The van der Waals surface area contributed by atoms with Crippen molar-refractivity contribution in [3.05, 3.63) is 83.9 Å². The smallest absolute Gasteiger partial charge is 0.320 e. The molecule has 2 N–H and O–H groups in total. The molecule has 2 amide bonds. The van der Waals surface area contributed by atoms with Gasteiger partial charge in [0.05, 0.1) is 24.5 Å². The molecule has 0 saturated carbocycles. The highest BCUT2D eigenvalue weighted by Gasteiger charge is 2.35. The number of amides is 2. The van der Waals surface area contributed by atoms with Gasteiger partial charge in [-0.05, 0) is 29.8 Å². The Morgan fingerprint density at radius 2 is 1.90 bits per heavy atom. The first kappa shape index (κ1) is 26.4. The third-order valence-electron chi connectivity index (χ3n) is 6.73. The summed E-state index contributed by atoms with van der Waals surface area (Å²) in [4.78, 5) is 15.3. The molecule has 2 unspecified atom stereocenters. The molecule has 1 aliphatic rings. The summed E-state index contributed by atoms with van der Waals surface area (Å²) in [5.74, 6) is -3.08. The number of rotatable bonds is 8. The van der Waals surface area contributed by atoms with E-state index in [1.54, 1.807) is 44.6 Å². The summed E-state index contributed by atoms with van der Waals surface area (Å²) in [5.41, 5.74) is 1.59. The lowest BCUT2D eigenvalue weighted by molar-refractivity contribution is 0.159. The van der Waals surface area contributed by atoms with E-state index >= 15 is 4.39 Å². The van der Waals surface area contributed by atoms with E-state index in [0.29, 0.717) is 43.1 Å². The van der Waals surface area contributed by atoms with Crippen LogP contribution < -0.4 is 10.6 Å². The van der Waals surface area contributed by atoms with Crippen molar-refractivity contribution in [1.82, 2.24) is 29.8 Å². The molecule has 0 bridgehead atoms. The number of benzene rings is 2. The number of nitrogens with zero attached hydrogens (tertiary/aromatic N) is 5. The number of anilines is 1. The number of aryl methyl sites for hydroxylation is 1. The number of carbonyl (C=O) groups is 1. The first-order chi connectivity index (χ1) is 18.8. The number of hydrogen-bond acceptors (Lipinski definition) is 5. The normalized spacial score (nSPS) is 17.5. The van der Waals surface area contributed by atoms with E-state index in [0.717, 1.165) is 12.1 Å². The van der Waals surface area contributed by atoms with E-state index in [-0.39, 0.29) is 17.4 Å². The molecule has 5 rings (SSSR count). The number of nitrogens with one attached hydrogen (secondary N) is 2. The van der Waals surface area contributed by atoms with Crippen LogP contribution in [0.2, 0.25) is 0 Å². The van der Waals surface area contributed by atoms with E-state index < -0.39 is 29.5 Å². The number of carbonyl (C=O) groups excluding carboxylic acids is 1. The molecule has 1 saturated heterocycles. The number of likely N-dealkylation sites (tertiary alicyclic amines) is 1. The SMILES string of the molecule is COCCN1CC(NC(=O)Nc2c(F)c(-c3cnn(C)c3)nn2-c2ccccc2)C(c2ccc(F)c(F)c2)C1. The maximum atomic E-state index is 15.7. The predicted molar refractivity (Wildman–Crippen MR) is 139 cm³/mol. The molecule has 39 heavy (non-hydrogen) atoms. The van der Waals surface area contributed by atoms with Crippen LogP contribution in [0.3, 0.4) is 0 Å². The molecule has 9 nitrogen and oxygen atoms in total. The Bertz CT molecular complexity index is 1460. The topological polar surface area (TPSA) is 89.2 Å². The minimum Gasteiger partial charge on any atom is -0.383 e. The molecule has 12 heteroatoms. The van der Waals surface area contributed by atoms with Crippen LogP contribution in [0.4, 0.5) is 23.8 Å². The van der Waals surface area contributed by atoms with Crippen molar-refractivity contribution in [3.8, 4) is 16.9 Å². The van der Waals surface area contributed by atoms with Crippen molar-refractivity contribution in [1.29, 1.82) is 0 Å². The predicted octanol–water partition coefficient (Wildman–Crippen LogP) is 3.93. The average Bonchev–Trinajstić information content (AvgIpc) is 3.62. The first-order valence-corrected chi connectivity index (χ1v) is 12.4. The second kappa shape index (κ2) is 11.3. The number of urea groups is 1. The lowest BCUT2D eigenvalue weighted by Crippen LogP contribution is -2.42. The minimum atomic E-state index is -0.956. The monoisotopic (exact) mass is 539 g/mol. The van der Waals surface area contributed by atoms with Crippen LogP contribution in [0.1, 0.15) is 11.5 Å². The summed E-state index contributed by atoms with van der Waals surface area (Å²) in [7, 11) is 3.30. The van der Waals surface area contributed by atoms with Crippen molar-refractivity contribution in [3.63, 3.8) is 0 Å². The fourth-order valence-electron chi connectivity index (χ4n) is 4.82. The Hall–Kier alpha value is -4.16. The number of aromatic nitrogens is 4. The molecule has 3 heterocycles. The van der Waals surface area contributed by atoms with Gasteiger partial charge in [-0.3, -0.25) is 14.9 Å². The largest absolute Gasteiger partial charge is 0.383 e. The van der Waals surface area contributed by atoms with Gasteiger partial charge in [0.15, 0.2) is 23.3 Å². The van der Waals surface area contributed by atoms with Gasteiger partial charge in [-0.2, -0.15) is 10.2 Å². The van der Waals surface area contributed by atoms with Gasteiger partial charge >= 0.3 is 6.03 Å². The zero-order valence-electron chi connectivity index (χ0n) is 21.4. The third kappa shape index (κ3) is 5.66. The molecule has 1 aliphatic heterocycles. The number of hydrogen-bond donors (Lipinski definition) is 2. The second-order valence-electron chi connectivity index (χ2n) is 9.40. The fraction of sp³-hybridized carbons (Fsp3) is 0.296. The second-order valence-corrected chi connectivity index (χ2v) is 9.40. The fourth-order valence-corrected chi connectivity index (χ4v) is 4.82. The highest BCUT2D eigenvalue weighted by atomic mass is 19.2. The molecule has 0 aliphatic carbocycles. The van der Waals surface area contributed by atoms with Gasteiger partial charge < -0.3 is 10.1 Å². The van der Waals surface area contributed by atoms with Crippen molar-refractivity contribution >= 4 is 11.8 Å². The Kier molecular flexibility index (Phi) is 7.66. The molecular formula is C27H28F3N7O2. The molecule has 4 aromatic rings. The Balaban J connectivity index is 1.42. The zero-order chi connectivity index (χ0) is 27.5. The van der Waals surface area contributed by atoms with Crippen LogP contribution in [-0.2, 0) is 11.8 Å². The Morgan fingerprint density at radius 1 is 1.10 bits per heavy atom. The summed E-state index contributed by atoms with van der Waals surface area (Å²) < 4.78 is 51.4. The lowest BCUT2D eigenvalue weighted by atomic mass is 9.94. The van der Waals surface area contributed by atoms with E-state index in [4.69, 9.17) is 4.74 Å². The number of para-hydroxylation sites is 1. The van der Waals surface area contributed by atoms with E-state index in [9.17, 15) is 13.6 Å². The molecule has 2 aromatic carbocycles. The van der Waals surface area contributed by atoms with Crippen LogP contribution in [0.15, 0.2) is 60.9 Å². The van der Waals surface area contributed by atoms with Gasteiger partial charge in [0.25, 0.3) is 0 Å². The number of ether oxygens (including phenoxy) is 1. The summed E-state index contributed by atoms with van der Waals surface area (Å²) in [6.45, 7) is 2.02. The standard InChI is InChI=1S/C27H28F3N7O2/c1-35-14-18(13-31-35)25-24(30)26(37(34-25)19-6-4-3-5-7-19)33-27(38)32-23-16-36(10-11-39-2)15-20(23)17-8-9-21(28)22(29)12-17/h3-9,12-14,20,23H,10-11,15-16H2,1-2H3,(H2,32,33,38). The molecule has 0 radical (unpaired) electrons. The summed E-state index contributed by atoms with van der Waals surface area (Å²) in [6.07, 6.45) is 3.12. The average molecular weight is 540 g/mol. The zero-order valence-corrected chi connectivity index (χ0v) is 21.4. The molecular weight excluding hydrogens is 511 g/mol. The van der Waals surface area contributed by atoms with Crippen molar-refractivity contribution in [2.45, 2.75) is 12.0 Å². The molecule has 0 spiro atoms. The van der Waals surface area contributed by atoms with Gasteiger partial charge in [-0.15, -0.1) is 0 Å². The van der Waals surface area contributed by atoms with Crippen LogP contribution >= 0.6 is 0 Å². The van der Waals surface area contributed by atoms with Crippen LogP contribution in [-0.4, -0.2) is 69.9 Å². The Morgan fingerprint density at radius 3 is 2.59 bits per heavy atom. The summed E-state index contributed by atoms with van der Waals surface area (Å²) in [5, 5.41) is 14.0. The number of halogens is 3. The van der Waals surface area contributed by atoms with Gasteiger partial charge in [0.2, 0.25) is 0 Å². The molecule has 1 fully saturated rings.